The number of fused-ring (bicyclic) bond motifs is 1. The van der Waals surface area contributed by atoms with E-state index in [-0.39, 0.29) is 17.1 Å². The number of imidazole rings is 1. The summed E-state index contributed by atoms with van der Waals surface area (Å²) >= 11 is 0. The van der Waals surface area contributed by atoms with Crippen LogP contribution in [0.3, 0.4) is 0 Å². The van der Waals surface area contributed by atoms with Crippen molar-refractivity contribution in [2.24, 2.45) is 7.05 Å². The Morgan fingerprint density at radius 2 is 2.05 bits per heavy atom. The fourth-order valence-corrected chi connectivity index (χ4v) is 2.61. The zero-order valence-electron chi connectivity index (χ0n) is 11.5. The minimum atomic E-state index is -1.47. The standard InChI is InChI=1S/C11H15N5O6/c1-15-4-7(13-10(12)14-8(4)20)16(11(15)21)9-6(19)5(18)3(2-17)22-9/h3,5-6,9,17-19H,2H2,1H3,(H3,12,13,14,20)/t3-,5-,6-,9-/m1/s1. The molecule has 120 valence electrons. The molecule has 0 saturated carbocycles. The maximum atomic E-state index is 12.3. The van der Waals surface area contributed by atoms with Crippen LogP contribution >= 0.6 is 0 Å². The summed E-state index contributed by atoms with van der Waals surface area (Å²) in [6.07, 6.45) is -5.20. The minimum Gasteiger partial charge on any atom is -0.394 e. The number of aromatic amines is 1. The number of nitrogen functional groups attached to an aromatic ring is 1. The fourth-order valence-electron chi connectivity index (χ4n) is 2.61. The molecule has 1 fully saturated rings. The summed E-state index contributed by atoms with van der Waals surface area (Å²) in [4.78, 5) is 30.4. The van der Waals surface area contributed by atoms with Gasteiger partial charge >= 0.3 is 5.69 Å². The number of hydrogen-bond acceptors (Lipinski definition) is 8. The smallest absolute Gasteiger partial charge is 0.332 e. The van der Waals surface area contributed by atoms with Crippen molar-refractivity contribution in [1.29, 1.82) is 0 Å². The second-order valence-corrected chi connectivity index (χ2v) is 5.06. The van der Waals surface area contributed by atoms with Gasteiger partial charge in [-0.1, -0.05) is 0 Å². The molecular weight excluding hydrogens is 298 g/mol. The number of anilines is 1. The highest BCUT2D eigenvalue weighted by Gasteiger charge is 2.45. The molecule has 0 bridgehead atoms. The molecule has 0 aliphatic carbocycles. The summed E-state index contributed by atoms with van der Waals surface area (Å²) in [5.74, 6) is -0.205. The Morgan fingerprint density at radius 3 is 2.64 bits per heavy atom. The second-order valence-electron chi connectivity index (χ2n) is 5.06. The highest BCUT2D eigenvalue weighted by Crippen LogP contribution is 2.29. The molecule has 22 heavy (non-hydrogen) atoms. The lowest BCUT2D eigenvalue weighted by molar-refractivity contribution is -0.0527. The number of hydrogen-bond donors (Lipinski definition) is 5. The normalized spacial score (nSPS) is 28.5. The number of aromatic nitrogens is 4. The van der Waals surface area contributed by atoms with Crippen LogP contribution in [-0.4, -0.2) is 59.3 Å². The van der Waals surface area contributed by atoms with Crippen LogP contribution in [-0.2, 0) is 11.8 Å². The lowest BCUT2D eigenvalue weighted by Gasteiger charge is -2.15. The van der Waals surface area contributed by atoms with Gasteiger partial charge in [0, 0.05) is 7.05 Å². The van der Waals surface area contributed by atoms with Crippen LogP contribution in [0.5, 0.6) is 0 Å². The maximum Gasteiger partial charge on any atom is 0.332 e. The van der Waals surface area contributed by atoms with E-state index in [0.717, 1.165) is 9.13 Å². The molecule has 6 N–H and O–H groups in total. The van der Waals surface area contributed by atoms with Crippen molar-refractivity contribution in [3.63, 3.8) is 0 Å². The third-order valence-electron chi connectivity index (χ3n) is 3.72. The molecule has 1 saturated heterocycles. The minimum absolute atomic E-state index is 0.0445. The lowest BCUT2D eigenvalue weighted by Crippen LogP contribution is -2.35. The second kappa shape index (κ2) is 4.91. The van der Waals surface area contributed by atoms with E-state index in [2.05, 4.69) is 9.97 Å². The van der Waals surface area contributed by atoms with Crippen molar-refractivity contribution in [2.75, 3.05) is 12.3 Å². The highest BCUT2D eigenvalue weighted by atomic mass is 16.6. The first-order valence-corrected chi connectivity index (χ1v) is 6.46. The summed E-state index contributed by atoms with van der Waals surface area (Å²) < 4.78 is 7.28. The number of aliphatic hydroxyl groups excluding tert-OH is 3. The van der Waals surface area contributed by atoms with Crippen LogP contribution in [0.15, 0.2) is 9.59 Å². The zero-order valence-corrected chi connectivity index (χ0v) is 11.5. The van der Waals surface area contributed by atoms with Crippen molar-refractivity contribution in [3.05, 3.63) is 20.8 Å². The quantitative estimate of drug-likeness (QED) is 0.382. The van der Waals surface area contributed by atoms with Crippen LogP contribution in [0, 0.1) is 0 Å². The molecule has 2 aromatic rings. The Balaban J connectivity index is 2.26. The van der Waals surface area contributed by atoms with E-state index in [0.29, 0.717) is 0 Å². The van der Waals surface area contributed by atoms with Crippen LogP contribution in [0.1, 0.15) is 6.23 Å². The molecule has 4 atom stereocenters. The van der Waals surface area contributed by atoms with Gasteiger partial charge in [-0.15, -0.1) is 0 Å². The molecule has 0 amide bonds. The number of aliphatic hydroxyl groups is 3. The Bertz CT molecular complexity index is 838. The molecule has 0 aromatic carbocycles. The average Bonchev–Trinajstić information content (AvgIpc) is 2.87. The van der Waals surface area contributed by atoms with E-state index < -0.39 is 42.4 Å². The van der Waals surface area contributed by atoms with E-state index >= 15 is 0 Å². The number of nitrogens with one attached hydrogen (secondary N) is 1. The monoisotopic (exact) mass is 313 g/mol. The largest absolute Gasteiger partial charge is 0.394 e. The zero-order chi connectivity index (χ0) is 16.2. The number of rotatable bonds is 2. The molecule has 3 rings (SSSR count). The molecule has 0 radical (unpaired) electrons. The molecule has 3 heterocycles. The third-order valence-corrected chi connectivity index (χ3v) is 3.72. The van der Waals surface area contributed by atoms with Crippen molar-refractivity contribution >= 4 is 17.1 Å². The molecule has 0 unspecified atom stereocenters. The van der Waals surface area contributed by atoms with Gasteiger partial charge in [-0.3, -0.25) is 14.3 Å². The van der Waals surface area contributed by atoms with Gasteiger partial charge in [-0.05, 0) is 0 Å². The number of aryl methyl sites for hydroxylation is 1. The summed E-state index contributed by atoms with van der Waals surface area (Å²) in [6.45, 7) is -0.537. The lowest BCUT2D eigenvalue weighted by atomic mass is 10.1. The van der Waals surface area contributed by atoms with Gasteiger partial charge in [0.2, 0.25) is 5.95 Å². The molecule has 1 aliphatic heterocycles. The first kappa shape index (κ1) is 14.7. The third kappa shape index (κ3) is 1.87. The predicted octanol–water partition coefficient (Wildman–Crippen LogP) is -3.38. The van der Waals surface area contributed by atoms with Crippen molar-refractivity contribution < 1.29 is 20.1 Å². The van der Waals surface area contributed by atoms with E-state index in [9.17, 15) is 19.8 Å². The molecule has 1 aliphatic rings. The van der Waals surface area contributed by atoms with E-state index in [1.54, 1.807) is 0 Å². The SMILES string of the molecule is Cn1c(=O)n([C@@H]2O[C@H](CO)[C@@H](O)[C@H]2O)c2nc(N)[nH]c(=O)c21. The van der Waals surface area contributed by atoms with Crippen molar-refractivity contribution in [1.82, 2.24) is 19.1 Å². The fraction of sp³-hybridized carbons (Fsp3) is 0.545. The average molecular weight is 313 g/mol. The first-order valence-electron chi connectivity index (χ1n) is 6.46. The van der Waals surface area contributed by atoms with Gasteiger partial charge in [0.25, 0.3) is 5.56 Å². The van der Waals surface area contributed by atoms with Gasteiger partial charge < -0.3 is 25.8 Å². The van der Waals surface area contributed by atoms with Crippen LogP contribution in [0.4, 0.5) is 5.95 Å². The summed E-state index contributed by atoms with van der Waals surface area (Å²) in [6, 6.07) is 0. The Morgan fingerprint density at radius 1 is 1.36 bits per heavy atom. The van der Waals surface area contributed by atoms with Crippen LogP contribution < -0.4 is 17.0 Å². The molecule has 2 aromatic heterocycles. The molecule has 11 heteroatoms. The number of H-pyrrole nitrogens is 1. The Hall–Kier alpha value is -2.21. The van der Waals surface area contributed by atoms with E-state index in [1.807, 2.05) is 0 Å². The maximum absolute atomic E-state index is 12.3. The predicted molar refractivity (Wildman–Crippen MR) is 73.0 cm³/mol. The van der Waals surface area contributed by atoms with Crippen molar-refractivity contribution in [2.45, 2.75) is 24.5 Å². The van der Waals surface area contributed by atoms with Gasteiger partial charge in [0.05, 0.1) is 6.61 Å². The molecular formula is C11H15N5O6. The number of ether oxygens (including phenoxy) is 1. The van der Waals surface area contributed by atoms with Crippen molar-refractivity contribution in [3.8, 4) is 0 Å². The first-order chi connectivity index (χ1) is 10.4. The van der Waals surface area contributed by atoms with Crippen LogP contribution in [0.2, 0.25) is 0 Å². The van der Waals surface area contributed by atoms with Crippen LogP contribution in [0.25, 0.3) is 11.2 Å². The Labute approximate surface area is 122 Å². The van der Waals surface area contributed by atoms with Gasteiger partial charge in [-0.25, -0.2) is 9.36 Å². The summed E-state index contributed by atoms with van der Waals surface area (Å²) in [5.41, 5.74) is 4.07. The summed E-state index contributed by atoms with van der Waals surface area (Å²) in [5, 5.41) is 29.0. The molecule has 0 spiro atoms. The van der Waals surface area contributed by atoms with Gasteiger partial charge in [0.15, 0.2) is 17.4 Å². The topological polar surface area (TPSA) is 169 Å². The van der Waals surface area contributed by atoms with E-state index in [1.165, 1.54) is 7.05 Å². The highest BCUT2D eigenvalue weighted by molar-refractivity contribution is 5.71. The number of nitrogens with zero attached hydrogens (tertiary/aromatic N) is 3. The van der Waals surface area contributed by atoms with E-state index in [4.69, 9.17) is 15.6 Å². The van der Waals surface area contributed by atoms with Gasteiger partial charge in [-0.2, -0.15) is 4.98 Å². The number of nitrogens with two attached hydrogens (primary N) is 1. The van der Waals surface area contributed by atoms with Gasteiger partial charge in [0.1, 0.15) is 18.3 Å². The summed E-state index contributed by atoms with van der Waals surface area (Å²) in [7, 11) is 1.36. The Kier molecular flexibility index (Phi) is 3.29. The molecule has 11 nitrogen and oxygen atoms in total.